The van der Waals surface area contributed by atoms with E-state index in [1.54, 1.807) is 24.3 Å². The van der Waals surface area contributed by atoms with Gasteiger partial charge in [0.25, 0.3) is 0 Å². The minimum atomic E-state index is -4.32. The average molecular weight is 580 g/mol. The number of ether oxygens (including phenoxy) is 1. The lowest BCUT2D eigenvalue weighted by molar-refractivity contribution is 0.0730. The SMILES string of the molecule is Cc1ccc2c(CS(=O)(=O)c3ccccc3)c(S(=O)(=O)N3CCOCC3)c(=O)c=2c2c(C)ccc(C(C)C)cc1-2. The summed E-state index contributed by atoms with van der Waals surface area (Å²) in [7, 11) is -8.29. The number of morpholine rings is 1. The van der Waals surface area contributed by atoms with Crippen molar-refractivity contribution in [3.63, 3.8) is 0 Å². The van der Waals surface area contributed by atoms with Crippen LogP contribution in [0.3, 0.4) is 0 Å². The molecule has 40 heavy (non-hydrogen) atoms. The summed E-state index contributed by atoms with van der Waals surface area (Å²) in [5.74, 6) is -0.389. The van der Waals surface area contributed by atoms with Crippen LogP contribution in [0.1, 0.15) is 42.0 Å². The maximum Gasteiger partial charge on any atom is 0.247 e. The predicted octanol–water partition coefficient (Wildman–Crippen LogP) is 4.61. The summed E-state index contributed by atoms with van der Waals surface area (Å²) in [6, 6.07) is 17.5. The second-order valence-corrected chi connectivity index (χ2v) is 14.5. The van der Waals surface area contributed by atoms with Gasteiger partial charge in [-0.15, -0.1) is 0 Å². The van der Waals surface area contributed by atoms with Crippen LogP contribution >= 0.6 is 0 Å². The topological polar surface area (TPSA) is 97.8 Å². The van der Waals surface area contributed by atoms with E-state index in [2.05, 4.69) is 13.8 Å². The van der Waals surface area contributed by atoms with E-state index in [-0.39, 0.29) is 47.9 Å². The Morgan fingerprint density at radius 3 is 2.17 bits per heavy atom. The molecule has 210 valence electrons. The van der Waals surface area contributed by atoms with Gasteiger partial charge < -0.3 is 4.74 Å². The van der Waals surface area contributed by atoms with Crippen LogP contribution in [0.15, 0.2) is 75.2 Å². The van der Waals surface area contributed by atoms with E-state index in [1.807, 2.05) is 38.1 Å². The molecule has 0 bridgehead atoms. The number of nitrogens with zero attached hydrogens (tertiary/aromatic N) is 1. The molecule has 1 heterocycles. The molecule has 7 nitrogen and oxygen atoms in total. The molecular formula is C31H33NO6S2. The highest BCUT2D eigenvalue weighted by molar-refractivity contribution is 7.91. The van der Waals surface area contributed by atoms with Gasteiger partial charge in [-0.05, 0) is 70.5 Å². The molecule has 1 aromatic rings. The van der Waals surface area contributed by atoms with Crippen molar-refractivity contribution in [2.45, 2.75) is 49.2 Å². The number of fused-ring (bicyclic) bond motifs is 2. The fourth-order valence-corrected chi connectivity index (χ4v) is 8.64. The Bertz CT molecular complexity index is 1900. The van der Waals surface area contributed by atoms with Gasteiger partial charge in [-0.25, -0.2) is 16.8 Å². The van der Waals surface area contributed by atoms with Gasteiger partial charge >= 0.3 is 0 Å². The van der Waals surface area contributed by atoms with E-state index in [0.29, 0.717) is 10.8 Å². The molecule has 5 rings (SSSR count). The molecule has 1 aromatic carbocycles. The molecule has 1 fully saturated rings. The summed E-state index contributed by atoms with van der Waals surface area (Å²) in [6.45, 7) is 8.61. The van der Waals surface area contributed by atoms with Crippen molar-refractivity contribution in [1.29, 1.82) is 0 Å². The van der Waals surface area contributed by atoms with Crippen LogP contribution in [0.5, 0.6) is 0 Å². The maximum atomic E-state index is 14.4. The van der Waals surface area contributed by atoms with Crippen molar-refractivity contribution in [3.05, 3.63) is 104 Å². The first-order chi connectivity index (χ1) is 18.9. The molecule has 0 saturated carbocycles. The third-order valence-corrected chi connectivity index (χ3v) is 11.3. The van der Waals surface area contributed by atoms with Crippen molar-refractivity contribution in [1.82, 2.24) is 4.31 Å². The Balaban J connectivity index is 1.92. The van der Waals surface area contributed by atoms with Gasteiger partial charge in [0.1, 0.15) is 4.90 Å². The Kier molecular flexibility index (Phi) is 7.60. The molecule has 0 atom stereocenters. The first kappa shape index (κ1) is 28.4. The average Bonchev–Trinajstić information content (AvgIpc) is 3.02. The van der Waals surface area contributed by atoms with Gasteiger partial charge in [-0.1, -0.05) is 62.4 Å². The highest BCUT2D eigenvalue weighted by atomic mass is 32.2. The van der Waals surface area contributed by atoms with Crippen LogP contribution in [0.2, 0.25) is 0 Å². The highest BCUT2D eigenvalue weighted by Gasteiger charge is 2.35. The lowest BCUT2D eigenvalue weighted by Gasteiger charge is -2.26. The molecule has 0 N–H and O–H groups in total. The second kappa shape index (κ2) is 10.7. The third-order valence-electron chi connectivity index (χ3n) is 7.65. The first-order valence-electron chi connectivity index (χ1n) is 13.3. The van der Waals surface area contributed by atoms with E-state index in [0.717, 1.165) is 22.3 Å². The fraction of sp³-hybridized carbons (Fsp3) is 0.323. The van der Waals surface area contributed by atoms with Crippen molar-refractivity contribution < 1.29 is 21.6 Å². The summed E-state index contributed by atoms with van der Waals surface area (Å²) in [6.07, 6.45) is 0. The number of sulfone groups is 1. The second-order valence-electron chi connectivity index (χ2n) is 10.6. The van der Waals surface area contributed by atoms with E-state index in [9.17, 15) is 21.6 Å². The van der Waals surface area contributed by atoms with E-state index >= 15 is 0 Å². The lowest BCUT2D eigenvalue weighted by atomic mass is 9.97. The molecule has 0 unspecified atom stereocenters. The molecular weight excluding hydrogens is 546 g/mol. The van der Waals surface area contributed by atoms with Crippen molar-refractivity contribution in [2.24, 2.45) is 0 Å². The number of benzene rings is 1. The summed E-state index contributed by atoms with van der Waals surface area (Å²) in [4.78, 5) is 14.0. The maximum absolute atomic E-state index is 14.4. The van der Waals surface area contributed by atoms with Crippen molar-refractivity contribution in [3.8, 4) is 11.1 Å². The van der Waals surface area contributed by atoms with Gasteiger partial charge in [-0.3, -0.25) is 4.79 Å². The first-order valence-corrected chi connectivity index (χ1v) is 16.4. The molecule has 0 spiro atoms. The fourth-order valence-electron chi connectivity index (χ4n) is 5.42. The largest absolute Gasteiger partial charge is 0.379 e. The van der Waals surface area contributed by atoms with Gasteiger partial charge in [0.15, 0.2) is 9.84 Å². The van der Waals surface area contributed by atoms with Crippen molar-refractivity contribution >= 4 is 19.9 Å². The lowest BCUT2D eigenvalue weighted by Crippen LogP contribution is -2.42. The van der Waals surface area contributed by atoms with Gasteiger partial charge in [0.2, 0.25) is 15.5 Å². The monoisotopic (exact) mass is 579 g/mol. The number of rotatable bonds is 6. The Hall–Kier alpha value is -3.11. The van der Waals surface area contributed by atoms with E-state index in [1.165, 1.54) is 16.4 Å². The van der Waals surface area contributed by atoms with E-state index in [4.69, 9.17) is 4.74 Å². The summed E-state index contributed by atoms with van der Waals surface area (Å²) in [5.41, 5.74) is 3.60. The van der Waals surface area contributed by atoms with Crippen LogP contribution in [-0.4, -0.2) is 47.4 Å². The van der Waals surface area contributed by atoms with E-state index < -0.39 is 35.9 Å². The Morgan fingerprint density at radius 1 is 0.875 bits per heavy atom. The molecule has 4 aliphatic rings. The summed E-state index contributed by atoms with van der Waals surface area (Å²) < 4.78 is 62.0. The predicted molar refractivity (Wildman–Crippen MR) is 155 cm³/mol. The van der Waals surface area contributed by atoms with Gasteiger partial charge in [0, 0.05) is 18.3 Å². The van der Waals surface area contributed by atoms with Crippen LogP contribution in [-0.2, 0) is 30.4 Å². The summed E-state index contributed by atoms with van der Waals surface area (Å²) >= 11 is 0. The van der Waals surface area contributed by atoms with Gasteiger partial charge in [0.05, 0.1) is 23.9 Å². The summed E-state index contributed by atoms with van der Waals surface area (Å²) in [5, 5.41) is 0.575. The molecule has 9 heteroatoms. The van der Waals surface area contributed by atoms with Gasteiger partial charge in [-0.2, -0.15) is 4.31 Å². The Labute approximate surface area is 235 Å². The normalized spacial score (nSPS) is 15.2. The number of hydrogen-bond donors (Lipinski definition) is 0. The number of hydrogen-bond acceptors (Lipinski definition) is 6. The molecule has 3 aliphatic carbocycles. The minimum absolute atomic E-state index is 0.0160. The molecule has 0 aromatic heterocycles. The zero-order chi connectivity index (χ0) is 28.8. The molecule has 0 amide bonds. The molecule has 1 saturated heterocycles. The smallest absolute Gasteiger partial charge is 0.247 e. The zero-order valence-electron chi connectivity index (χ0n) is 23.1. The Morgan fingerprint density at radius 2 is 1.52 bits per heavy atom. The van der Waals surface area contributed by atoms with Crippen LogP contribution < -0.4 is 5.43 Å². The van der Waals surface area contributed by atoms with Crippen molar-refractivity contribution in [2.75, 3.05) is 26.3 Å². The number of sulfonamides is 1. The molecule has 0 radical (unpaired) electrons. The standard InChI is InChI=1S/C31H33NO6S2/c1-20(2)23-12-10-22(4)28-26(18-23)21(3)11-13-25-27(19-39(34,35)24-8-6-5-7-9-24)31(30(33)29(25)28)40(36,37)32-14-16-38-17-15-32/h5-13,18,20H,14-17,19H2,1-4H3. The zero-order valence-corrected chi connectivity index (χ0v) is 24.7. The minimum Gasteiger partial charge on any atom is -0.379 e. The van der Waals surface area contributed by atoms with Crippen LogP contribution in [0.4, 0.5) is 0 Å². The van der Waals surface area contributed by atoms with Crippen LogP contribution in [0.25, 0.3) is 11.1 Å². The quantitative estimate of drug-likeness (QED) is 0.331. The molecule has 1 aliphatic heterocycles. The number of aryl methyl sites for hydroxylation is 2. The van der Waals surface area contributed by atoms with Crippen LogP contribution in [0, 0.1) is 24.3 Å². The third kappa shape index (κ3) is 4.96. The highest BCUT2D eigenvalue weighted by Crippen LogP contribution is 2.34.